The van der Waals surface area contributed by atoms with Crippen LogP contribution in [0.3, 0.4) is 0 Å². The van der Waals surface area contributed by atoms with E-state index in [-0.39, 0.29) is 18.4 Å². The number of nitrogens with zero attached hydrogens (tertiary/aromatic N) is 3. The quantitative estimate of drug-likeness (QED) is 0.0958. The van der Waals surface area contributed by atoms with Crippen molar-refractivity contribution in [2.45, 2.75) is 57.7 Å². The summed E-state index contributed by atoms with van der Waals surface area (Å²) in [4.78, 5) is 38.3. The minimum absolute atomic E-state index is 0.0567. The zero-order chi connectivity index (χ0) is 31.9. The molecule has 234 valence electrons. The molecule has 0 aliphatic carbocycles. The molecule has 1 saturated heterocycles. The Labute approximate surface area is 268 Å². The number of benzene rings is 2. The molecule has 0 radical (unpaired) electrons. The van der Waals surface area contributed by atoms with Crippen LogP contribution in [0.2, 0.25) is 0 Å². The van der Waals surface area contributed by atoms with Crippen LogP contribution in [0.4, 0.5) is 5.13 Å². The molecule has 0 bridgehead atoms. The maximum Gasteiger partial charge on any atom is 0.328 e. The number of likely N-dealkylation sites (tertiary alicyclic amines) is 1. The normalized spacial score (nSPS) is 16.8. The number of aryl methyl sites for hydroxylation is 1. The number of esters is 1. The van der Waals surface area contributed by atoms with Gasteiger partial charge < -0.3 is 19.7 Å². The van der Waals surface area contributed by atoms with Crippen LogP contribution in [0, 0.1) is 5.92 Å². The SMILES string of the molecule is C=CCCCc1csc(N[C@H](C(=O)N2C[C@H](Oc3cc(-c4ccccc4)nc4ccc(C=C)cc34)C[C@H]2C(=O)OC)C(C)C)n1. The van der Waals surface area contributed by atoms with Crippen molar-refractivity contribution in [1.29, 1.82) is 0 Å². The number of hydrogen-bond donors (Lipinski definition) is 1. The third-order valence-electron chi connectivity index (χ3n) is 8.02. The van der Waals surface area contributed by atoms with E-state index in [4.69, 9.17) is 19.4 Å². The van der Waals surface area contributed by atoms with Gasteiger partial charge >= 0.3 is 5.97 Å². The summed E-state index contributed by atoms with van der Waals surface area (Å²) in [7, 11) is 1.35. The van der Waals surface area contributed by atoms with Crippen LogP contribution in [0.15, 0.2) is 79.2 Å². The number of unbranched alkanes of at least 4 members (excludes halogenated alkanes) is 1. The van der Waals surface area contributed by atoms with E-state index in [0.29, 0.717) is 17.3 Å². The van der Waals surface area contributed by atoms with Crippen molar-refractivity contribution in [3.05, 3.63) is 90.5 Å². The predicted octanol–water partition coefficient (Wildman–Crippen LogP) is 7.17. The first-order valence-electron chi connectivity index (χ1n) is 15.3. The third-order valence-corrected chi connectivity index (χ3v) is 8.84. The minimum atomic E-state index is -0.772. The van der Waals surface area contributed by atoms with Gasteiger partial charge in [0.05, 0.1) is 30.6 Å². The van der Waals surface area contributed by atoms with E-state index in [2.05, 4.69) is 18.5 Å². The monoisotopic (exact) mass is 624 g/mol. The van der Waals surface area contributed by atoms with Crippen molar-refractivity contribution in [2.75, 3.05) is 19.0 Å². The van der Waals surface area contributed by atoms with E-state index in [1.807, 2.05) is 79.9 Å². The largest absolute Gasteiger partial charge is 0.488 e. The summed E-state index contributed by atoms with van der Waals surface area (Å²) in [6, 6.07) is 16.4. The summed E-state index contributed by atoms with van der Waals surface area (Å²) in [5.74, 6) is -0.0721. The molecule has 1 aliphatic heterocycles. The number of fused-ring (bicyclic) bond motifs is 1. The Kier molecular flexibility index (Phi) is 10.3. The number of methoxy groups -OCH3 is 1. The molecule has 2 aromatic carbocycles. The number of thiazole rings is 1. The molecule has 0 spiro atoms. The number of rotatable bonds is 13. The predicted molar refractivity (Wildman–Crippen MR) is 181 cm³/mol. The zero-order valence-corrected chi connectivity index (χ0v) is 26.9. The van der Waals surface area contributed by atoms with Crippen LogP contribution in [-0.2, 0) is 20.7 Å². The number of aromatic nitrogens is 2. The van der Waals surface area contributed by atoms with Crippen molar-refractivity contribution in [2.24, 2.45) is 5.92 Å². The van der Waals surface area contributed by atoms with Crippen molar-refractivity contribution in [1.82, 2.24) is 14.9 Å². The molecule has 1 aliphatic rings. The number of allylic oxidation sites excluding steroid dienone is 1. The highest BCUT2D eigenvalue weighted by Crippen LogP contribution is 2.34. The Morgan fingerprint density at radius 2 is 1.93 bits per heavy atom. The first-order chi connectivity index (χ1) is 21.8. The molecule has 3 heterocycles. The lowest BCUT2D eigenvalue weighted by molar-refractivity contribution is -0.151. The number of amides is 1. The summed E-state index contributed by atoms with van der Waals surface area (Å²) in [6.45, 7) is 11.9. The van der Waals surface area contributed by atoms with E-state index < -0.39 is 24.2 Å². The minimum Gasteiger partial charge on any atom is -0.488 e. The highest BCUT2D eigenvalue weighted by molar-refractivity contribution is 7.13. The molecule has 5 rings (SSSR count). The number of anilines is 1. The van der Waals surface area contributed by atoms with Gasteiger partial charge in [0, 0.05) is 28.8 Å². The number of carbonyl (C=O) groups is 2. The molecule has 0 saturated carbocycles. The van der Waals surface area contributed by atoms with Gasteiger partial charge in [-0.2, -0.15) is 0 Å². The fourth-order valence-electron chi connectivity index (χ4n) is 5.60. The number of hydrogen-bond acceptors (Lipinski definition) is 8. The second-order valence-corrected chi connectivity index (χ2v) is 12.4. The molecule has 1 N–H and O–H groups in total. The third kappa shape index (κ3) is 7.42. The van der Waals surface area contributed by atoms with Crippen LogP contribution in [0.5, 0.6) is 5.75 Å². The average Bonchev–Trinajstić information content (AvgIpc) is 3.70. The first-order valence-corrected chi connectivity index (χ1v) is 16.2. The maximum absolute atomic E-state index is 14.1. The lowest BCUT2D eigenvalue weighted by Crippen LogP contribution is -2.50. The molecule has 3 atom stereocenters. The molecule has 4 aromatic rings. The van der Waals surface area contributed by atoms with Crippen LogP contribution in [0.1, 0.15) is 44.4 Å². The fraction of sp³-hybridized carbons (Fsp3) is 0.333. The molecule has 0 unspecified atom stereocenters. The summed E-state index contributed by atoms with van der Waals surface area (Å²) in [6.07, 6.45) is 6.31. The lowest BCUT2D eigenvalue weighted by Gasteiger charge is -2.29. The van der Waals surface area contributed by atoms with Crippen LogP contribution in [-0.4, -0.2) is 58.6 Å². The number of nitrogens with one attached hydrogen (secondary N) is 1. The van der Waals surface area contributed by atoms with E-state index in [9.17, 15) is 9.59 Å². The van der Waals surface area contributed by atoms with Gasteiger partial charge in [0.15, 0.2) is 5.13 Å². The Morgan fingerprint density at radius 3 is 2.64 bits per heavy atom. The van der Waals surface area contributed by atoms with Crippen LogP contribution >= 0.6 is 11.3 Å². The van der Waals surface area contributed by atoms with Gasteiger partial charge in [0.25, 0.3) is 0 Å². The molecule has 1 fully saturated rings. The standard InChI is InChI=1S/C36H40N4O4S/c1-6-8-10-15-26-22-45-36(37-26)39-33(23(3)4)34(41)40-21-27(19-31(40)35(42)43-5)44-32-20-30(25-13-11-9-12-14-25)38-29-17-16-24(7-2)18-28(29)32/h6-7,9,11-14,16-18,20,22-23,27,31,33H,1-2,8,10,15,19,21H2,3-5H3,(H,37,39)/t27-,31+,33+/m1/s1. The fourth-order valence-corrected chi connectivity index (χ4v) is 6.38. The number of ether oxygens (including phenoxy) is 2. The summed E-state index contributed by atoms with van der Waals surface area (Å²) in [5.41, 5.74) is 4.44. The molecule has 2 aromatic heterocycles. The second-order valence-electron chi connectivity index (χ2n) is 11.5. The molecule has 8 nitrogen and oxygen atoms in total. The number of pyridine rings is 1. The van der Waals surface area contributed by atoms with Gasteiger partial charge in [-0.3, -0.25) is 4.79 Å². The molecular weight excluding hydrogens is 584 g/mol. The van der Waals surface area contributed by atoms with Gasteiger partial charge in [0.2, 0.25) is 5.91 Å². The van der Waals surface area contributed by atoms with Crippen molar-refractivity contribution >= 4 is 45.3 Å². The van der Waals surface area contributed by atoms with Gasteiger partial charge in [-0.25, -0.2) is 14.8 Å². The summed E-state index contributed by atoms with van der Waals surface area (Å²) >= 11 is 1.48. The zero-order valence-electron chi connectivity index (χ0n) is 26.1. The van der Waals surface area contributed by atoms with Gasteiger partial charge in [-0.1, -0.05) is 69.0 Å². The van der Waals surface area contributed by atoms with Gasteiger partial charge in [-0.15, -0.1) is 17.9 Å². The Hall–Kier alpha value is -4.50. The molecular formula is C36H40N4O4S. The van der Waals surface area contributed by atoms with Crippen molar-refractivity contribution < 1.29 is 19.1 Å². The highest BCUT2D eigenvalue weighted by Gasteiger charge is 2.44. The highest BCUT2D eigenvalue weighted by atomic mass is 32.1. The summed E-state index contributed by atoms with van der Waals surface area (Å²) < 4.78 is 11.8. The first kappa shape index (κ1) is 31.9. The van der Waals surface area contributed by atoms with Gasteiger partial charge in [0.1, 0.15) is 23.9 Å². The lowest BCUT2D eigenvalue weighted by atomic mass is 10.0. The Bertz CT molecular complexity index is 1670. The Morgan fingerprint density at radius 1 is 1.13 bits per heavy atom. The number of carbonyl (C=O) groups excluding carboxylic acids is 2. The summed E-state index contributed by atoms with van der Waals surface area (Å²) in [5, 5.41) is 6.90. The van der Waals surface area contributed by atoms with Gasteiger partial charge in [-0.05, 0) is 42.9 Å². The van der Waals surface area contributed by atoms with Crippen LogP contribution in [0.25, 0.3) is 28.2 Å². The second kappa shape index (κ2) is 14.5. The Balaban J connectivity index is 1.41. The van der Waals surface area contributed by atoms with E-state index in [0.717, 1.165) is 52.7 Å². The van der Waals surface area contributed by atoms with Crippen molar-refractivity contribution in [3.8, 4) is 17.0 Å². The molecule has 1 amide bonds. The van der Waals surface area contributed by atoms with Crippen LogP contribution < -0.4 is 10.1 Å². The van der Waals surface area contributed by atoms with Crippen molar-refractivity contribution in [3.63, 3.8) is 0 Å². The van der Waals surface area contributed by atoms with E-state index >= 15 is 0 Å². The van der Waals surface area contributed by atoms with E-state index in [1.165, 1.54) is 18.4 Å². The molecule has 9 heteroatoms. The smallest absolute Gasteiger partial charge is 0.328 e. The maximum atomic E-state index is 14.1. The molecule has 45 heavy (non-hydrogen) atoms. The van der Waals surface area contributed by atoms with E-state index in [1.54, 1.807) is 11.0 Å². The topological polar surface area (TPSA) is 93.7 Å². The average molecular weight is 625 g/mol.